The average Bonchev–Trinajstić information content (AvgIpc) is 2.94. The number of benzene rings is 1. The van der Waals surface area contributed by atoms with Gasteiger partial charge in [-0.2, -0.15) is 0 Å². The van der Waals surface area contributed by atoms with E-state index in [-0.39, 0.29) is 17.9 Å². The largest absolute Gasteiger partial charge is 0.497 e. The van der Waals surface area contributed by atoms with Gasteiger partial charge in [-0.25, -0.2) is 4.98 Å². The summed E-state index contributed by atoms with van der Waals surface area (Å²) in [5.41, 5.74) is 1.89. The molecular weight excluding hydrogens is 318 g/mol. The summed E-state index contributed by atoms with van der Waals surface area (Å²) >= 11 is 0. The van der Waals surface area contributed by atoms with Crippen LogP contribution in [0, 0.1) is 11.8 Å². The normalized spacial score (nSPS) is 20.8. The highest BCUT2D eigenvalue weighted by Gasteiger charge is 2.33. The van der Waals surface area contributed by atoms with E-state index in [2.05, 4.69) is 24.1 Å². The Hall–Kier alpha value is -2.08. The molecule has 6 nitrogen and oxygen atoms in total. The summed E-state index contributed by atoms with van der Waals surface area (Å²) in [6, 6.07) is 5.81. The number of hydrogen-bond donors (Lipinski definition) is 1. The molecule has 0 unspecified atom stereocenters. The van der Waals surface area contributed by atoms with E-state index in [1.807, 2.05) is 29.8 Å². The van der Waals surface area contributed by atoms with Crippen LogP contribution in [0.3, 0.4) is 0 Å². The summed E-state index contributed by atoms with van der Waals surface area (Å²) in [4.78, 5) is 17.3. The molecule has 2 aromatic rings. The topological polar surface area (TPSA) is 65.4 Å². The maximum absolute atomic E-state index is 12.7. The van der Waals surface area contributed by atoms with Crippen LogP contribution in [-0.2, 0) is 23.1 Å². The molecule has 1 saturated heterocycles. The predicted molar refractivity (Wildman–Crippen MR) is 96.4 cm³/mol. The van der Waals surface area contributed by atoms with Crippen molar-refractivity contribution >= 4 is 16.9 Å². The number of ether oxygens (including phenoxy) is 2. The number of aryl methyl sites for hydroxylation is 1. The fourth-order valence-corrected chi connectivity index (χ4v) is 3.55. The molecule has 1 fully saturated rings. The van der Waals surface area contributed by atoms with E-state index in [0.717, 1.165) is 42.1 Å². The number of carbonyl (C=O) groups is 1. The van der Waals surface area contributed by atoms with Gasteiger partial charge in [-0.15, -0.1) is 0 Å². The molecule has 1 aromatic heterocycles. The van der Waals surface area contributed by atoms with Gasteiger partial charge < -0.3 is 19.4 Å². The van der Waals surface area contributed by atoms with Crippen molar-refractivity contribution < 1.29 is 14.3 Å². The number of carbonyl (C=O) groups excluding carboxylic acids is 1. The van der Waals surface area contributed by atoms with Crippen molar-refractivity contribution in [1.82, 2.24) is 14.9 Å². The molecule has 0 spiro atoms. The third kappa shape index (κ3) is 3.63. The van der Waals surface area contributed by atoms with E-state index < -0.39 is 0 Å². The highest BCUT2D eigenvalue weighted by atomic mass is 16.5. The number of imidazole rings is 1. The second-order valence-electron chi connectivity index (χ2n) is 6.99. The number of amides is 1. The zero-order valence-electron chi connectivity index (χ0n) is 15.4. The van der Waals surface area contributed by atoms with Crippen LogP contribution in [0.2, 0.25) is 0 Å². The molecule has 6 heteroatoms. The summed E-state index contributed by atoms with van der Waals surface area (Å²) < 4.78 is 13.1. The van der Waals surface area contributed by atoms with Crippen molar-refractivity contribution in [3.8, 4) is 5.75 Å². The van der Waals surface area contributed by atoms with Crippen LogP contribution in [0.15, 0.2) is 18.2 Å². The van der Waals surface area contributed by atoms with Gasteiger partial charge in [0.2, 0.25) is 5.91 Å². The molecule has 0 bridgehead atoms. The zero-order valence-corrected chi connectivity index (χ0v) is 15.4. The molecule has 25 heavy (non-hydrogen) atoms. The van der Waals surface area contributed by atoms with E-state index in [4.69, 9.17) is 9.47 Å². The number of fused-ring (bicyclic) bond motifs is 1. The fraction of sp³-hybridized carbons (Fsp3) is 0.579. The van der Waals surface area contributed by atoms with E-state index >= 15 is 0 Å². The van der Waals surface area contributed by atoms with Crippen LogP contribution < -0.4 is 10.1 Å². The van der Waals surface area contributed by atoms with Crippen LogP contribution in [-0.4, -0.2) is 35.3 Å². The maximum atomic E-state index is 12.7. The number of hydrogen-bond acceptors (Lipinski definition) is 4. The monoisotopic (exact) mass is 345 g/mol. The Morgan fingerprint density at radius 2 is 2.28 bits per heavy atom. The first kappa shape index (κ1) is 17.7. The van der Waals surface area contributed by atoms with Crippen LogP contribution in [0.25, 0.3) is 11.0 Å². The predicted octanol–water partition coefficient (Wildman–Crippen LogP) is 2.65. The third-order valence-electron chi connectivity index (χ3n) is 4.96. The number of nitrogens with one attached hydrogen (secondary N) is 1. The summed E-state index contributed by atoms with van der Waals surface area (Å²) in [7, 11) is 3.60. The Labute approximate surface area is 148 Å². The van der Waals surface area contributed by atoms with Gasteiger partial charge in [0.05, 0.1) is 36.7 Å². The van der Waals surface area contributed by atoms with Crippen molar-refractivity contribution in [1.29, 1.82) is 0 Å². The van der Waals surface area contributed by atoms with Gasteiger partial charge in [0.15, 0.2) is 0 Å². The minimum absolute atomic E-state index is 0.00143. The maximum Gasteiger partial charge on any atom is 0.226 e. The summed E-state index contributed by atoms with van der Waals surface area (Å²) in [5, 5.41) is 3.05. The molecule has 0 saturated carbocycles. The van der Waals surface area contributed by atoms with E-state index in [9.17, 15) is 4.79 Å². The van der Waals surface area contributed by atoms with E-state index in [1.165, 1.54) is 0 Å². The lowest BCUT2D eigenvalue weighted by molar-refractivity contribution is -0.137. The summed E-state index contributed by atoms with van der Waals surface area (Å²) in [6.07, 6.45) is 1.82. The van der Waals surface area contributed by atoms with Gasteiger partial charge in [0.1, 0.15) is 11.6 Å². The van der Waals surface area contributed by atoms with Gasteiger partial charge >= 0.3 is 0 Å². The number of aromatic nitrogens is 2. The zero-order chi connectivity index (χ0) is 18.0. The third-order valence-corrected chi connectivity index (χ3v) is 4.96. The molecule has 1 aliphatic rings. The summed E-state index contributed by atoms with van der Waals surface area (Å²) in [5.74, 6) is 1.92. The molecule has 0 radical (unpaired) electrons. The highest BCUT2D eigenvalue weighted by Crippen LogP contribution is 2.27. The Morgan fingerprint density at radius 1 is 1.48 bits per heavy atom. The molecule has 2 heterocycles. The minimum atomic E-state index is -0.0801. The number of rotatable bonds is 5. The molecule has 3 rings (SSSR count). The molecule has 1 amide bonds. The SMILES string of the molecule is COc1ccc2c(c1)nc(CNC(=O)[C@H]1CCCO[C@H]1C(C)C)n2C. The van der Waals surface area contributed by atoms with Gasteiger partial charge in [-0.3, -0.25) is 4.79 Å². The quantitative estimate of drug-likeness (QED) is 0.905. The van der Waals surface area contributed by atoms with Crippen LogP contribution in [0.4, 0.5) is 0 Å². The summed E-state index contributed by atoms with van der Waals surface area (Å²) in [6.45, 7) is 5.37. The number of nitrogens with zero attached hydrogens (tertiary/aromatic N) is 2. The van der Waals surface area contributed by atoms with Crippen molar-refractivity contribution in [3.05, 3.63) is 24.0 Å². The Bertz CT molecular complexity index is 754. The molecule has 1 N–H and O–H groups in total. The van der Waals surface area contributed by atoms with E-state index in [1.54, 1.807) is 7.11 Å². The van der Waals surface area contributed by atoms with Crippen molar-refractivity contribution in [2.24, 2.45) is 18.9 Å². The Kier molecular flexibility index (Phi) is 5.27. The first-order chi connectivity index (χ1) is 12.0. The van der Waals surface area contributed by atoms with E-state index in [0.29, 0.717) is 12.5 Å². The van der Waals surface area contributed by atoms with Gasteiger partial charge in [-0.1, -0.05) is 13.8 Å². The second kappa shape index (κ2) is 7.44. The van der Waals surface area contributed by atoms with Crippen LogP contribution in [0.1, 0.15) is 32.5 Å². The fourth-order valence-electron chi connectivity index (χ4n) is 3.55. The molecule has 2 atom stereocenters. The Balaban J connectivity index is 1.71. The van der Waals surface area contributed by atoms with Gasteiger partial charge in [0, 0.05) is 19.7 Å². The molecule has 1 aromatic carbocycles. The molecular formula is C19H27N3O3. The molecule has 0 aliphatic carbocycles. The lowest BCUT2D eigenvalue weighted by atomic mass is 9.87. The molecule has 1 aliphatic heterocycles. The van der Waals surface area contributed by atoms with Gasteiger partial charge in [-0.05, 0) is 30.9 Å². The Morgan fingerprint density at radius 3 is 3.00 bits per heavy atom. The number of methoxy groups -OCH3 is 1. The molecule has 136 valence electrons. The average molecular weight is 345 g/mol. The minimum Gasteiger partial charge on any atom is -0.497 e. The van der Waals surface area contributed by atoms with Crippen molar-refractivity contribution in [2.75, 3.05) is 13.7 Å². The smallest absolute Gasteiger partial charge is 0.226 e. The van der Waals surface area contributed by atoms with Gasteiger partial charge in [0.25, 0.3) is 0 Å². The highest BCUT2D eigenvalue weighted by molar-refractivity contribution is 5.80. The standard InChI is InChI=1S/C19H27N3O3/c1-12(2)18-14(6-5-9-25-18)19(23)20-11-17-21-15-10-13(24-4)7-8-16(15)22(17)3/h7-8,10,12,14,18H,5-6,9,11H2,1-4H3,(H,20,23)/t14-,18-/m0/s1. The first-order valence-electron chi connectivity index (χ1n) is 8.90. The van der Waals surface area contributed by atoms with Crippen LogP contribution in [0.5, 0.6) is 5.75 Å². The lowest BCUT2D eigenvalue weighted by Crippen LogP contribution is -2.43. The van der Waals surface area contributed by atoms with Crippen molar-refractivity contribution in [3.63, 3.8) is 0 Å². The van der Waals surface area contributed by atoms with Crippen molar-refractivity contribution in [2.45, 2.75) is 39.3 Å². The lowest BCUT2D eigenvalue weighted by Gasteiger charge is -2.33. The first-order valence-corrected chi connectivity index (χ1v) is 8.90. The van der Waals surface area contributed by atoms with Crippen LogP contribution >= 0.6 is 0 Å². The second-order valence-corrected chi connectivity index (χ2v) is 6.99.